The zero-order chi connectivity index (χ0) is 15.7. The van der Waals surface area contributed by atoms with Crippen LogP contribution in [0.25, 0.3) is 0 Å². The molecule has 0 aliphatic carbocycles. The number of hydrazine groups is 2. The van der Waals surface area contributed by atoms with E-state index in [1.54, 1.807) is 0 Å². The van der Waals surface area contributed by atoms with E-state index < -0.39 is 30.4 Å². The van der Waals surface area contributed by atoms with E-state index in [1.807, 2.05) is 0 Å². The minimum absolute atomic E-state index is 0.206. The molecule has 5 N–H and O–H groups in total. The van der Waals surface area contributed by atoms with Gasteiger partial charge in [0.25, 0.3) is 0 Å². The summed E-state index contributed by atoms with van der Waals surface area (Å²) in [7, 11) is 0. The summed E-state index contributed by atoms with van der Waals surface area (Å²) < 4.78 is 40.9. The largest absolute Gasteiger partial charge is 0.491 e. The molecule has 0 fully saturated rings. The Kier molecular flexibility index (Phi) is 4.57. The van der Waals surface area contributed by atoms with Gasteiger partial charge in [0.15, 0.2) is 12.0 Å². The van der Waals surface area contributed by atoms with Crippen molar-refractivity contribution in [3.8, 4) is 0 Å². The van der Waals surface area contributed by atoms with Crippen LogP contribution >= 0.6 is 0 Å². The molecule has 0 saturated heterocycles. The Hall–Kier alpha value is -1.85. The monoisotopic (exact) mass is 297 g/mol. The molecule has 8 nitrogen and oxygen atoms in total. The summed E-state index contributed by atoms with van der Waals surface area (Å²) in [6.45, 7) is 2.87. The second-order valence-electron chi connectivity index (χ2n) is 4.02. The number of alkyl halides is 3. The van der Waals surface area contributed by atoms with Crippen LogP contribution in [-0.2, 0) is 14.3 Å². The Morgan fingerprint density at radius 2 is 1.80 bits per heavy atom. The first-order valence-electron chi connectivity index (χ1n) is 5.44. The SMILES string of the molecule is CC(N)N1NN(C(C)N)C(OC(=O)C(F)(F)F)=C1C=O. The normalized spacial score (nSPS) is 19.1. The van der Waals surface area contributed by atoms with Crippen LogP contribution in [0.1, 0.15) is 13.8 Å². The van der Waals surface area contributed by atoms with Gasteiger partial charge in [-0.1, -0.05) is 0 Å². The maximum Gasteiger partial charge on any atom is 0.491 e. The number of nitrogens with zero attached hydrogens (tertiary/aromatic N) is 2. The van der Waals surface area contributed by atoms with Crippen LogP contribution in [0, 0.1) is 0 Å². The van der Waals surface area contributed by atoms with Crippen LogP contribution in [0.3, 0.4) is 0 Å². The van der Waals surface area contributed by atoms with Gasteiger partial charge in [-0.15, -0.1) is 5.53 Å². The third kappa shape index (κ3) is 3.18. The number of carbonyl (C=O) groups excluding carboxylic acids is 2. The number of hydrogen-bond acceptors (Lipinski definition) is 8. The van der Waals surface area contributed by atoms with Gasteiger partial charge in [-0.05, 0) is 13.8 Å². The number of aldehydes is 1. The van der Waals surface area contributed by atoms with Crippen molar-refractivity contribution in [3.63, 3.8) is 0 Å². The number of nitrogens with one attached hydrogen (secondary N) is 1. The lowest BCUT2D eigenvalue weighted by molar-refractivity contribution is -0.198. The smallest absolute Gasteiger partial charge is 0.399 e. The number of halogens is 3. The first-order valence-corrected chi connectivity index (χ1v) is 5.44. The van der Waals surface area contributed by atoms with Crippen molar-refractivity contribution in [2.24, 2.45) is 11.5 Å². The van der Waals surface area contributed by atoms with Crippen LogP contribution in [0.15, 0.2) is 11.6 Å². The second-order valence-corrected chi connectivity index (χ2v) is 4.02. The molecule has 0 radical (unpaired) electrons. The summed E-state index contributed by atoms with van der Waals surface area (Å²) in [6, 6.07) is 0. The van der Waals surface area contributed by atoms with Crippen molar-refractivity contribution in [2.45, 2.75) is 32.4 Å². The Bertz CT molecular complexity index is 435. The van der Waals surface area contributed by atoms with E-state index in [0.29, 0.717) is 0 Å². The average molecular weight is 297 g/mol. The summed E-state index contributed by atoms with van der Waals surface area (Å²) >= 11 is 0. The second kappa shape index (κ2) is 5.64. The van der Waals surface area contributed by atoms with E-state index in [-0.39, 0.29) is 12.0 Å². The van der Waals surface area contributed by atoms with E-state index in [0.717, 1.165) is 10.0 Å². The van der Waals surface area contributed by atoms with E-state index >= 15 is 0 Å². The number of carbonyl (C=O) groups is 2. The van der Waals surface area contributed by atoms with Gasteiger partial charge in [0.1, 0.15) is 0 Å². The van der Waals surface area contributed by atoms with Crippen molar-refractivity contribution < 1.29 is 27.5 Å². The minimum Gasteiger partial charge on any atom is -0.399 e. The molecule has 0 spiro atoms. The van der Waals surface area contributed by atoms with Crippen molar-refractivity contribution in [1.29, 1.82) is 0 Å². The van der Waals surface area contributed by atoms with Gasteiger partial charge in [0.2, 0.25) is 5.88 Å². The van der Waals surface area contributed by atoms with Crippen molar-refractivity contribution in [1.82, 2.24) is 15.6 Å². The third-order valence-electron chi connectivity index (χ3n) is 2.26. The highest BCUT2D eigenvalue weighted by Crippen LogP contribution is 2.25. The van der Waals surface area contributed by atoms with E-state index in [4.69, 9.17) is 11.5 Å². The lowest BCUT2D eigenvalue weighted by Gasteiger charge is -2.28. The van der Waals surface area contributed by atoms with Crippen LogP contribution in [-0.4, -0.2) is 40.8 Å². The van der Waals surface area contributed by atoms with Gasteiger partial charge >= 0.3 is 12.1 Å². The maximum atomic E-state index is 12.2. The van der Waals surface area contributed by atoms with Gasteiger partial charge in [-0.2, -0.15) is 13.2 Å². The highest BCUT2D eigenvalue weighted by atomic mass is 19.4. The third-order valence-corrected chi connectivity index (χ3v) is 2.26. The number of hydrogen-bond donors (Lipinski definition) is 3. The van der Waals surface area contributed by atoms with Gasteiger partial charge in [0, 0.05) is 0 Å². The summed E-state index contributed by atoms with van der Waals surface area (Å²) in [5.74, 6) is -3.12. The molecule has 114 valence electrons. The summed E-state index contributed by atoms with van der Waals surface area (Å²) in [5.41, 5.74) is 13.2. The van der Waals surface area contributed by atoms with Crippen molar-refractivity contribution >= 4 is 12.3 Å². The van der Waals surface area contributed by atoms with Crippen LogP contribution in [0.2, 0.25) is 0 Å². The quantitative estimate of drug-likeness (QED) is 0.452. The van der Waals surface area contributed by atoms with Crippen molar-refractivity contribution in [3.05, 3.63) is 11.6 Å². The van der Waals surface area contributed by atoms with E-state index in [2.05, 4.69) is 10.3 Å². The fraction of sp³-hybridized carbons (Fsp3) is 0.556. The van der Waals surface area contributed by atoms with E-state index in [9.17, 15) is 22.8 Å². The molecule has 2 unspecified atom stereocenters. The zero-order valence-electron chi connectivity index (χ0n) is 10.6. The molecule has 0 aromatic carbocycles. The molecular weight excluding hydrogens is 283 g/mol. The molecule has 11 heteroatoms. The number of allylic oxidation sites excluding steroid dienone is 1. The molecule has 20 heavy (non-hydrogen) atoms. The fourth-order valence-electron chi connectivity index (χ4n) is 1.38. The topological polar surface area (TPSA) is 114 Å². The maximum absolute atomic E-state index is 12.2. The predicted octanol–water partition coefficient (Wildman–Crippen LogP) is -0.894. The highest BCUT2D eigenvalue weighted by molar-refractivity contribution is 5.79. The summed E-state index contributed by atoms with van der Waals surface area (Å²) in [4.78, 5) is 21.9. The van der Waals surface area contributed by atoms with E-state index in [1.165, 1.54) is 13.8 Å². The highest BCUT2D eigenvalue weighted by Gasteiger charge is 2.45. The standard InChI is InChI=1S/C9H14F3N5O3/c1-4(13)16-6(3-18)7(17(15-16)5(2)14)20-8(19)9(10,11)12/h3-5,15H,13-14H2,1-2H3. The van der Waals surface area contributed by atoms with Crippen LogP contribution in [0.4, 0.5) is 13.2 Å². The average Bonchev–Trinajstić information content (AvgIpc) is 2.66. The van der Waals surface area contributed by atoms with Gasteiger partial charge in [0.05, 0.1) is 12.3 Å². The molecule has 0 amide bonds. The molecule has 0 bridgehead atoms. The van der Waals surface area contributed by atoms with Gasteiger partial charge in [-0.3, -0.25) is 9.80 Å². The molecular formula is C9H14F3N5O3. The lowest BCUT2D eigenvalue weighted by Crippen LogP contribution is -2.53. The Morgan fingerprint density at radius 3 is 2.15 bits per heavy atom. The fourth-order valence-corrected chi connectivity index (χ4v) is 1.38. The predicted molar refractivity (Wildman–Crippen MR) is 59.3 cm³/mol. The van der Waals surface area contributed by atoms with Crippen molar-refractivity contribution in [2.75, 3.05) is 0 Å². The lowest BCUT2D eigenvalue weighted by atomic mass is 10.4. The van der Waals surface area contributed by atoms with Crippen LogP contribution in [0.5, 0.6) is 0 Å². The minimum atomic E-state index is -5.20. The molecule has 0 aromatic heterocycles. The van der Waals surface area contributed by atoms with Crippen LogP contribution < -0.4 is 17.0 Å². The number of esters is 1. The molecule has 0 aromatic rings. The molecule has 1 heterocycles. The zero-order valence-corrected chi connectivity index (χ0v) is 10.6. The molecule has 0 saturated carbocycles. The first kappa shape index (κ1) is 16.2. The summed E-state index contributed by atoms with van der Waals surface area (Å²) in [5, 5.41) is 1.91. The summed E-state index contributed by atoms with van der Waals surface area (Å²) in [6.07, 6.45) is -6.66. The number of rotatable bonds is 4. The Balaban J connectivity index is 3.14. The molecule has 1 aliphatic heterocycles. The Morgan fingerprint density at radius 1 is 1.30 bits per heavy atom. The molecule has 1 rings (SSSR count). The Labute approximate surface area is 112 Å². The first-order chi connectivity index (χ1) is 9.09. The molecule has 2 atom stereocenters. The number of ether oxygens (including phenoxy) is 1. The van der Waals surface area contributed by atoms with Gasteiger partial charge < -0.3 is 16.2 Å². The number of nitrogens with two attached hydrogens (primary N) is 2. The van der Waals surface area contributed by atoms with Gasteiger partial charge in [-0.25, -0.2) is 9.80 Å². The molecule has 1 aliphatic rings.